The van der Waals surface area contributed by atoms with Crippen molar-refractivity contribution in [3.8, 4) is 0 Å². The largest absolute Gasteiger partial charge is 0.394 e. The molecule has 0 aromatic heterocycles. The Hall–Kier alpha value is -2.71. The van der Waals surface area contributed by atoms with Crippen LogP contribution in [0.4, 0.5) is 0 Å². The Morgan fingerprint density at radius 1 is 0.316 bits per heavy atom. The van der Waals surface area contributed by atoms with Crippen molar-refractivity contribution in [2.75, 3.05) is 39.6 Å². The molecule has 34 nitrogen and oxygen atoms in total. The number of hydrogen-bond acceptors (Lipinski definition) is 31. The first-order valence-corrected chi connectivity index (χ1v) is 24.1. The number of carbonyl (C=O) groups is 3. The van der Waals surface area contributed by atoms with Gasteiger partial charge in [-0.15, -0.1) is 0 Å². The molecule has 76 heavy (non-hydrogen) atoms. The van der Waals surface area contributed by atoms with E-state index in [4.69, 9.17) is 52.1 Å². The highest BCUT2D eigenvalue weighted by molar-refractivity contribution is 5.74. The van der Waals surface area contributed by atoms with Crippen molar-refractivity contribution in [2.24, 2.45) is 0 Å². The van der Waals surface area contributed by atoms with Crippen LogP contribution in [0.2, 0.25) is 0 Å². The molecule has 0 unspecified atom stereocenters. The third-order valence-corrected chi connectivity index (χ3v) is 13.6. The molecule has 34 heteroatoms. The molecular formula is C42H71N3O31. The van der Waals surface area contributed by atoms with Crippen LogP contribution in [0.1, 0.15) is 20.8 Å². The summed E-state index contributed by atoms with van der Waals surface area (Å²) in [5, 5.41) is 189. The zero-order chi connectivity index (χ0) is 56.2. The highest BCUT2D eigenvalue weighted by Crippen LogP contribution is 2.37. The van der Waals surface area contributed by atoms with Crippen molar-refractivity contribution in [3.63, 3.8) is 0 Å². The smallest absolute Gasteiger partial charge is 0.217 e. The van der Waals surface area contributed by atoms with E-state index >= 15 is 0 Å². The van der Waals surface area contributed by atoms with Gasteiger partial charge in [0.15, 0.2) is 37.7 Å². The number of aliphatic hydroxyl groups is 17. The van der Waals surface area contributed by atoms with Crippen LogP contribution in [0.5, 0.6) is 0 Å². The van der Waals surface area contributed by atoms with E-state index in [0.717, 1.165) is 20.8 Å². The van der Waals surface area contributed by atoms with E-state index in [0.29, 0.717) is 0 Å². The van der Waals surface area contributed by atoms with Crippen LogP contribution in [-0.4, -0.2) is 328 Å². The second-order valence-electron chi connectivity index (χ2n) is 19.0. The molecule has 0 radical (unpaired) electrons. The van der Waals surface area contributed by atoms with Gasteiger partial charge in [-0.3, -0.25) is 14.4 Å². The summed E-state index contributed by atoms with van der Waals surface area (Å²) in [5.74, 6) is -2.51. The molecule has 0 aliphatic carbocycles. The summed E-state index contributed by atoms with van der Waals surface area (Å²) in [5.41, 5.74) is 0. The van der Waals surface area contributed by atoms with Crippen molar-refractivity contribution in [1.82, 2.24) is 16.0 Å². The number of carbonyl (C=O) groups excluding carboxylic acids is 3. The lowest BCUT2D eigenvalue weighted by atomic mass is 9.93. The fourth-order valence-corrected chi connectivity index (χ4v) is 9.73. The maximum Gasteiger partial charge on any atom is 0.217 e. The molecule has 0 saturated carbocycles. The average Bonchev–Trinajstić information content (AvgIpc) is 3.38. The first kappa shape index (κ1) is 62.5. The molecule has 30 atom stereocenters. The van der Waals surface area contributed by atoms with Crippen LogP contribution in [-0.2, 0) is 66.5 Å². The van der Waals surface area contributed by atoms with Gasteiger partial charge in [0.2, 0.25) is 17.7 Å². The average molecular weight is 1110 g/mol. The summed E-state index contributed by atoms with van der Waals surface area (Å²) < 4.78 is 63.3. The van der Waals surface area contributed by atoms with Crippen LogP contribution in [0.15, 0.2) is 0 Å². The maximum absolute atomic E-state index is 12.7. The molecule has 6 saturated heterocycles. The quantitative estimate of drug-likeness (QED) is 0.0571. The van der Waals surface area contributed by atoms with Gasteiger partial charge in [0.25, 0.3) is 0 Å². The van der Waals surface area contributed by atoms with Gasteiger partial charge in [-0.25, -0.2) is 0 Å². The number of rotatable bonds is 19. The van der Waals surface area contributed by atoms with Crippen LogP contribution in [0.3, 0.4) is 0 Å². The lowest BCUT2D eigenvalue weighted by Crippen LogP contribution is -2.72. The Morgan fingerprint density at radius 2 is 0.605 bits per heavy atom. The van der Waals surface area contributed by atoms with Crippen molar-refractivity contribution in [1.29, 1.82) is 0 Å². The Balaban J connectivity index is 1.22. The van der Waals surface area contributed by atoms with Gasteiger partial charge in [0.1, 0.15) is 146 Å². The Bertz CT molecular complexity index is 1870. The van der Waals surface area contributed by atoms with Crippen molar-refractivity contribution in [3.05, 3.63) is 0 Å². The molecule has 6 aliphatic heterocycles. The SMILES string of the molecule is CC(=O)N[C@H]1[C@@H](O[C@@H]2[C@H](O)[C@@H](NC(C)=O)[C@H](O[C@H]3[C@H](O)[C@@H](NC(C)=O)[C@H](O[C@@H]4[C@H](O)[C@H](O[C@H]5[C@H](O)[C@@H](O)[C@H](O)O[C@@H]5CO)O[C@H](CO)[C@H]4O)O[C@@H]3CO)O[C@@H]2CO)O[C@H](CO)[C@H](O[C@H]2O[C@H](CO)[C@H](O)[C@H](O)[C@H]2O)[C@@H]1O. The third-order valence-electron chi connectivity index (χ3n) is 13.6. The predicted octanol–water partition coefficient (Wildman–Crippen LogP) is -13.7. The predicted molar refractivity (Wildman–Crippen MR) is 234 cm³/mol. The molecule has 440 valence electrons. The molecule has 0 aromatic carbocycles. The van der Waals surface area contributed by atoms with Gasteiger partial charge in [0.05, 0.1) is 39.6 Å². The zero-order valence-corrected chi connectivity index (χ0v) is 40.9. The Labute approximate surface area is 431 Å². The molecule has 20 N–H and O–H groups in total. The minimum absolute atomic E-state index is 0.810. The van der Waals surface area contributed by atoms with E-state index in [-0.39, 0.29) is 0 Å². The van der Waals surface area contributed by atoms with Crippen LogP contribution >= 0.6 is 0 Å². The summed E-state index contributed by atoms with van der Waals surface area (Å²) in [6.07, 6.45) is -50.2. The molecule has 0 spiro atoms. The van der Waals surface area contributed by atoms with E-state index in [1.165, 1.54) is 0 Å². The minimum atomic E-state index is -2.13. The molecule has 6 aliphatic rings. The summed E-state index contributed by atoms with van der Waals surface area (Å²) in [6, 6.07) is -5.25. The topological polar surface area (TPSA) is 533 Å². The number of amides is 3. The monoisotopic (exact) mass is 1110 g/mol. The van der Waals surface area contributed by atoms with Gasteiger partial charge in [-0.2, -0.15) is 0 Å². The number of aliphatic hydroxyl groups excluding tert-OH is 17. The third kappa shape index (κ3) is 13.5. The highest BCUT2D eigenvalue weighted by atomic mass is 16.8. The van der Waals surface area contributed by atoms with E-state index in [1.54, 1.807) is 0 Å². The molecule has 3 amide bonds. The maximum atomic E-state index is 12.7. The molecular weight excluding hydrogens is 1040 g/mol. The normalized spacial score (nSPS) is 48.2. The zero-order valence-electron chi connectivity index (χ0n) is 40.9. The lowest BCUT2D eigenvalue weighted by Gasteiger charge is -2.51. The summed E-state index contributed by atoms with van der Waals surface area (Å²) in [6.45, 7) is -2.75. The highest BCUT2D eigenvalue weighted by Gasteiger charge is 2.58. The van der Waals surface area contributed by atoms with Crippen LogP contribution in [0.25, 0.3) is 0 Å². The Kier molecular flexibility index (Phi) is 22.3. The van der Waals surface area contributed by atoms with Gasteiger partial charge in [0, 0.05) is 20.8 Å². The molecule has 6 rings (SSSR count). The first-order valence-electron chi connectivity index (χ1n) is 24.1. The second kappa shape index (κ2) is 27.2. The van der Waals surface area contributed by atoms with Gasteiger partial charge in [-0.05, 0) is 0 Å². The summed E-state index contributed by atoms with van der Waals surface area (Å²) in [7, 11) is 0. The van der Waals surface area contributed by atoms with Crippen LogP contribution in [0, 0.1) is 0 Å². The van der Waals surface area contributed by atoms with Gasteiger partial charge < -0.3 is 155 Å². The van der Waals surface area contributed by atoms with E-state index < -0.39 is 241 Å². The summed E-state index contributed by atoms with van der Waals surface area (Å²) in [4.78, 5) is 37.8. The van der Waals surface area contributed by atoms with Crippen molar-refractivity contribution >= 4 is 17.7 Å². The summed E-state index contributed by atoms with van der Waals surface area (Å²) >= 11 is 0. The lowest BCUT2D eigenvalue weighted by molar-refractivity contribution is -0.380. The fraction of sp³-hybridized carbons (Fsp3) is 0.929. The molecule has 6 heterocycles. The van der Waals surface area contributed by atoms with Gasteiger partial charge >= 0.3 is 0 Å². The van der Waals surface area contributed by atoms with Crippen molar-refractivity contribution < 1.29 is 153 Å². The van der Waals surface area contributed by atoms with E-state index in [9.17, 15) is 101 Å². The Morgan fingerprint density at radius 3 is 0.961 bits per heavy atom. The van der Waals surface area contributed by atoms with Crippen molar-refractivity contribution in [2.45, 2.75) is 205 Å². The van der Waals surface area contributed by atoms with Gasteiger partial charge in [-0.1, -0.05) is 0 Å². The second-order valence-corrected chi connectivity index (χ2v) is 19.0. The molecule has 0 bridgehead atoms. The molecule has 6 fully saturated rings. The fourth-order valence-electron chi connectivity index (χ4n) is 9.73. The van der Waals surface area contributed by atoms with E-state index in [1.807, 2.05) is 0 Å². The number of nitrogens with one attached hydrogen (secondary N) is 3. The standard InChI is InChI=1S/C42H71N3O31/c1-10(52)43-19-24(57)32(72-39-20(44-11(2)53)26(59)34(18(9-51)70-39)74-41-30(63)27(60)22(55)13(4-46)67-41)16(7-49)69-38(19)73-33-17(8-50)71-40(21(25(33)58)45-12(3)54)76-36-23(56)14(5-47)68-42(31(36)64)75-35-15(6-48)66-37(65)29(62)28(35)61/h13-42,46-51,55-65H,4-9H2,1-3H3,(H,43,52)(H,44,53)(H,45,54)/t13-,14-,15-,16-,17-,18-,19-,20-,21-,22+,23-,24-,25-,26-,27+,28-,29-,30-,31+,32+,33-,34+,35-,36+,37-,38+,39-,40+,41-,42+/m1/s1. The number of hydrogen-bond donors (Lipinski definition) is 20. The molecule has 0 aromatic rings. The van der Waals surface area contributed by atoms with E-state index in [2.05, 4.69) is 16.0 Å². The minimum Gasteiger partial charge on any atom is -0.394 e. The number of ether oxygens (including phenoxy) is 11. The van der Waals surface area contributed by atoms with Crippen LogP contribution < -0.4 is 16.0 Å². The first-order chi connectivity index (χ1) is 35.9.